The fourth-order valence-electron chi connectivity index (χ4n) is 2.16. The quantitative estimate of drug-likeness (QED) is 0.315. The second-order valence-electron chi connectivity index (χ2n) is 5.38. The van der Waals surface area contributed by atoms with Crippen LogP contribution in [0.2, 0.25) is 0 Å². The fourth-order valence-corrected chi connectivity index (χ4v) is 2.16. The van der Waals surface area contributed by atoms with E-state index in [1.165, 1.54) is 6.92 Å². The number of amides is 1. The van der Waals surface area contributed by atoms with Gasteiger partial charge in [0.25, 0.3) is 0 Å². The lowest BCUT2D eigenvalue weighted by molar-refractivity contribution is -0.147. The lowest BCUT2D eigenvalue weighted by Crippen LogP contribution is -2.34. The van der Waals surface area contributed by atoms with Crippen LogP contribution in [0.15, 0.2) is 0 Å². The number of esters is 1. The first-order chi connectivity index (χ1) is 8.88. The third-order valence-corrected chi connectivity index (χ3v) is 2.94. The molecule has 3 atom stereocenters. The van der Waals surface area contributed by atoms with Crippen molar-refractivity contribution >= 4 is 12.4 Å². The first-order valence-corrected chi connectivity index (χ1v) is 6.93. The summed E-state index contributed by atoms with van der Waals surface area (Å²) in [4.78, 5) is 21.4. The van der Waals surface area contributed by atoms with Crippen LogP contribution >= 0.6 is 0 Å². The van der Waals surface area contributed by atoms with E-state index in [4.69, 9.17) is 4.74 Å². The monoisotopic (exact) mass is 401 g/mol. The lowest BCUT2D eigenvalue weighted by atomic mass is 9.96. The van der Waals surface area contributed by atoms with Crippen LogP contribution in [0.5, 0.6) is 0 Å². The number of carbonyl (C=O) groups excluding carboxylic acids is 2. The van der Waals surface area contributed by atoms with Crippen molar-refractivity contribution < 1.29 is 19.4 Å². The van der Waals surface area contributed by atoms with Crippen LogP contribution in [0.1, 0.15) is 113 Å². The van der Waals surface area contributed by atoms with Gasteiger partial charge in [0.1, 0.15) is 6.10 Å². The predicted molar refractivity (Wildman–Crippen MR) is 127 cm³/mol. The average molecular weight is 402 g/mol. The number of hydrogen-bond donors (Lipinski definition) is 2. The van der Waals surface area contributed by atoms with Gasteiger partial charge in [-0.3, -0.25) is 9.59 Å². The Balaban J connectivity index is -0.0000000579. The summed E-state index contributed by atoms with van der Waals surface area (Å²) >= 11 is 0. The Kier molecular flexibility index (Phi) is 67.8. The molecule has 1 amide bonds. The van der Waals surface area contributed by atoms with Gasteiger partial charge in [-0.1, -0.05) is 80.2 Å². The minimum atomic E-state index is -0.583. The van der Waals surface area contributed by atoms with E-state index in [1.54, 1.807) is 0 Å². The van der Waals surface area contributed by atoms with Crippen LogP contribution in [-0.4, -0.2) is 35.7 Å². The molecular weight excluding hydrogens is 342 g/mol. The second-order valence-corrected chi connectivity index (χ2v) is 5.38. The molecule has 2 N–H and O–H groups in total. The molecule has 0 aromatic carbocycles. The van der Waals surface area contributed by atoms with Gasteiger partial charge in [-0.15, -0.1) is 0 Å². The Hall–Kier alpha value is -1.10. The largest absolute Gasteiger partial charge is 0.462 e. The highest BCUT2D eigenvalue weighted by molar-refractivity contribution is 5.66. The van der Waals surface area contributed by atoms with Gasteiger partial charge in [0.05, 0.1) is 6.10 Å². The highest BCUT2D eigenvalue weighted by Crippen LogP contribution is 2.15. The van der Waals surface area contributed by atoms with Crippen molar-refractivity contribution in [3.63, 3.8) is 0 Å². The zero-order chi connectivity index (χ0) is 14.8. The summed E-state index contributed by atoms with van der Waals surface area (Å²) < 4.78 is 5.10. The first-order valence-electron chi connectivity index (χ1n) is 6.93. The number of ether oxygens (including phenoxy) is 1. The number of carbonyl (C=O) groups is 2. The van der Waals surface area contributed by atoms with Gasteiger partial charge in [-0.2, -0.15) is 0 Å². The molecule has 27 heavy (non-hydrogen) atoms. The number of aliphatic hydroxyl groups excluding tert-OH is 1. The SMILES string of the molecule is C.C.C.C.C.C.C.C.CCC(CC(O)CC(CC(C)C)NC=O)OC(C)=O. The van der Waals surface area contributed by atoms with Gasteiger partial charge in [0.2, 0.25) is 6.41 Å². The summed E-state index contributed by atoms with van der Waals surface area (Å²) in [6.45, 7) is 7.42. The summed E-state index contributed by atoms with van der Waals surface area (Å²) in [6.07, 6.45) is 2.21. The molecule has 0 aromatic heterocycles. The molecule has 176 valence electrons. The van der Waals surface area contributed by atoms with E-state index in [0.717, 1.165) is 6.42 Å². The van der Waals surface area contributed by atoms with Gasteiger partial charge in [-0.05, 0) is 25.2 Å². The van der Waals surface area contributed by atoms with E-state index in [0.29, 0.717) is 31.6 Å². The maximum atomic E-state index is 10.9. The minimum Gasteiger partial charge on any atom is -0.462 e. The molecule has 3 unspecified atom stereocenters. The van der Waals surface area contributed by atoms with E-state index in [2.05, 4.69) is 19.2 Å². The number of rotatable bonds is 10. The van der Waals surface area contributed by atoms with E-state index >= 15 is 0 Å². The molecular formula is C22H59NO4. The van der Waals surface area contributed by atoms with Gasteiger partial charge in [0, 0.05) is 19.4 Å². The first kappa shape index (κ1) is 56.2. The zero-order valence-electron chi connectivity index (χ0n) is 12.4. The van der Waals surface area contributed by atoms with Gasteiger partial charge < -0.3 is 15.2 Å². The Bertz CT molecular complexity index is 271. The molecule has 0 saturated heterocycles. The van der Waals surface area contributed by atoms with Crippen molar-refractivity contribution in [3.8, 4) is 0 Å². The smallest absolute Gasteiger partial charge is 0.302 e. The van der Waals surface area contributed by atoms with Crippen LogP contribution in [-0.2, 0) is 14.3 Å². The van der Waals surface area contributed by atoms with Crippen molar-refractivity contribution in [1.82, 2.24) is 5.32 Å². The van der Waals surface area contributed by atoms with E-state index in [-0.39, 0.29) is 77.5 Å². The third kappa shape index (κ3) is 33.0. The summed E-state index contributed by atoms with van der Waals surface area (Å²) in [5.74, 6) is 0.115. The second kappa shape index (κ2) is 32.6. The van der Waals surface area contributed by atoms with Crippen molar-refractivity contribution in [3.05, 3.63) is 0 Å². The fraction of sp³-hybridized carbons (Fsp3) is 0.909. The van der Waals surface area contributed by atoms with Gasteiger partial charge >= 0.3 is 5.97 Å². The summed E-state index contributed by atoms with van der Waals surface area (Å²) in [7, 11) is 0. The molecule has 5 nitrogen and oxygen atoms in total. The van der Waals surface area contributed by atoms with Gasteiger partial charge in [0.15, 0.2) is 0 Å². The molecule has 0 spiro atoms. The molecule has 5 heteroatoms. The molecule has 0 bridgehead atoms. The molecule has 0 aromatic rings. The van der Waals surface area contributed by atoms with Crippen LogP contribution in [0.4, 0.5) is 0 Å². The number of aliphatic hydroxyl groups is 1. The van der Waals surface area contributed by atoms with Crippen molar-refractivity contribution in [1.29, 1.82) is 0 Å². The average Bonchev–Trinajstić information content (AvgIpc) is 2.26. The topological polar surface area (TPSA) is 75.6 Å². The molecule has 0 aliphatic rings. The Morgan fingerprint density at radius 1 is 0.963 bits per heavy atom. The number of hydrogen-bond acceptors (Lipinski definition) is 4. The van der Waals surface area contributed by atoms with Crippen LogP contribution < -0.4 is 5.32 Å². The molecule has 0 aliphatic heterocycles. The minimum absolute atomic E-state index is 0. The maximum absolute atomic E-state index is 10.9. The van der Waals surface area contributed by atoms with Gasteiger partial charge in [-0.25, -0.2) is 0 Å². The van der Waals surface area contributed by atoms with E-state index in [1.807, 2.05) is 6.92 Å². The van der Waals surface area contributed by atoms with E-state index in [9.17, 15) is 14.7 Å². The Morgan fingerprint density at radius 3 is 1.70 bits per heavy atom. The molecule has 0 fully saturated rings. The summed E-state index contributed by atoms with van der Waals surface area (Å²) in [6, 6.07) is -0.0395. The Morgan fingerprint density at radius 2 is 1.41 bits per heavy atom. The Labute approximate surface area is 174 Å². The highest BCUT2D eigenvalue weighted by atomic mass is 16.5. The number of nitrogens with one attached hydrogen (secondary N) is 1. The standard InChI is InChI=1S/C14H27NO4.8CH4/c1-5-14(19-11(4)17)8-13(18)7-12(15-9-16)6-10(2)3;;;;;;;;/h9-10,12-14,18H,5-8H2,1-4H3,(H,15,16);8*1H4. The lowest BCUT2D eigenvalue weighted by Gasteiger charge is -2.24. The molecule has 0 radical (unpaired) electrons. The van der Waals surface area contributed by atoms with Crippen molar-refractivity contribution in [2.45, 2.75) is 131 Å². The predicted octanol–water partition coefficient (Wildman–Crippen LogP) is 6.72. The maximum Gasteiger partial charge on any atom is 0.302 e. The van der Waals surface area contributed by atoms with Crippen molar-refractivity contribution in [2.75, 3.05) is 0 Å². The highest BCUT2D eigenvalue weighted by Gasteiger charge is 2.20. The van der Waals surface area contributed by atoms with Crippen LogP contribution in [0.3, 0.4) is 0 Å². The molecule has 0 saturated carbocycles. The zero-order valence-corrected chi connectivity index (χ0v) is 12.4. The molecule has 0 aliphatic carbocycles. The normalized spacial score (nSPS) is 11.0. The van der Waals surface area contributed by atoms with Crippen LogP contribution in [0, 0.1) is 5.92 Å². The van der Waals surface area contributed by atoms with Crippen molar-refractivity contribution in [2.24, 2.45) is 5.92 Å². The third-order valence-electron chi connectivity index (χ3n) is 2.94. The molecule has 0 heterocycles. The van der Waals surface area contributed by atoms with Crippen LogP contribution in [0.25, 0.3) is 0 Å². The molecule has 0 rings (SSSR count). The summed E-state index contributed by atoms with van der Waals surface area (Å²) in [5.41, 5.74) is 0. The summed E-state index contributed by atoms with van der Waals surface area (Å²) in [5, 5.41) is 12.8. The van der Waals surface area contributed by atoms with E-state index < -0.39 is 6.10 Å².